The predicted molar refractivity (Wildman–Crippen MR) is 53.7 cm³/mol. The zero-order valence-electron chi connectivity index (χ0n) is 7.04. The van der Waals surface area contributed by atoms with Gasteiger partial charge in [-0.2, -0.15) is 0 Å². The number of benzene rings is 1. The van der Waals surface area contributed by atoms with Gasteiger partial charge in [-0.25, -0.2) is 0 Å². The average molecular weight is 228 g/mol. The van der Waals surface area contributed by atoms with E-state index in [1.165, 1.54) is 12.7 Å². The number of nitrogens with zero attached hydrogens (tertiary/aromatic N) is 1. The maximum absolute atomic E-state index is 4.63. The van der Waals surface area contributed by atoms with E-state index in [4.69, 9.17) is 0 Å². The molecule has 64 valence electrons. The Kier molecular flexibility index (Phi) is 3.29. The Bertz CT molecular complexity index is 279. The van der Waals surface area contributed by atoms with Crippen LogP contribution < -0.4 is 0 Å². The monoisotopic (exact) mass is 227 g/mol. The summed E-state index contributed by atoms with van der Waals surface area (Å²) in [7, 11) is 1.52. The smallest absolute Gasteiger partial charge is 0.152 e. The molecule has 0 heterocycles. The molecule has 12 heavy (non-hydrogen) atoms. The predicted octanol–water partition coefficient (Wildman–Crippen LogP) is 2.70. The Morgan fingerprint density at radius 1 is 1.33 bits per heavy atom. The molecule has 0 bridgehead atoms. The molecule has 1 rings (SSSR count). The molecule has 0 aliphatic carbocycles. The molecule has 0 aliphatic heterocycles. The highest BCUT2D eigenvalue weighted by Gasteiger charge is 1.97. The van der Waals surface area contributed by atoms with Crippen LogP contribution in [0.3, 0.4) is 0 Å². The van der Waals surface area contributed by atoms with E-state index in [1.807, 2.05) is 31.2 Å². The van der Waals surface area contributed by atoms with Crippen molar-refractivity contribution < 1.29 is 4.84 Å². The fourth-order valence-corrected chi connectivity index (χ4v) is 1.23. The standard InChI is InChI=1S/C9H10BrNO/c1-7-3-5-8(6-4-7)9(10)11-12-2/h3-6H,1-2H3/b11-9-. The molecule has 1 aromatic rings. The fourth-order valence-electron chi connectivity index (χ4n) is 0.824. The molecule has 3 heteroatoms. The molecule has 0 fully saturated rings. The maximum atomic E-state index is 4.63. The van der Waals surface area contributed by atoms with E-state index in [0.717, 1.165) is 5.56 Å². The van der Waals surface area contributed by atoms with Crippen molar-refractivity contribution in [3.63, 3.8) is 0 Å². The summed E-state index contributed by atoms with van der Waals surface area (Å²) in [4.78, 5) is 4.63. The number of hydrogen-bond donors (Lipinski definition) is 0. The van der Waals surface area contributed by atoms with Crippen LogP contribution in [0.4, 0.5) is 0 Å². The van der Waals surface area contributed by atoms with Crippen molar-refractivity contribution in [2.45, 2.75) is 6.92 Å². The van der Waals surface area contributed by atoms with Crippen LogP contribution in [-0.2, 0) is 4.84 Å². The Hall–Kier alpha value is -0.830. The molecule has 0 atom stereocenters. The largest absolute Gasteiger partial charge is 0.398 e. The quantitative estimate of drug-likeness (QED) is 0.563. The minimum Gasteiger partial charge on any atom is -0.398 e. The van der Waals surface area contributed by atoms with Gasteiger partial charge in [0.1, 0.15) is 7.11 Å². The van der Waals surface area contributed by atoms with Gasteiger partial charge in [0, 0.05) is 5.56 Å². The molecular weight excluding hydrogens is 218 g/mol. The highest BCUT2D eigenvalue weighted by atomic mass is 79.9. The molecule has 0 N–H and O–H groups in total. The molecule has 2 nitrogen and oxygen atoms in total. The molecule has 0 unspecified atom stereocenters. The molecular formula is C9H10BrNO. The second kappa shape index (κ2) is 4.26. The summed E-state index contributed by atoms with van der Waals surface area (Å²) in [5, 5.41) is 3.76. The summed E-state index contributed by atoms with van der Waals surface area (Å²) in [6.07, 6.45) is 0. The second-order valence-corrected chi connectivity index (χ2v) is 3.18. The normalized spacial score (nSPS) is 11.4. The Balaban J connectivity index is 2.89. The molecule has 0 saturated carbocycles. The molecule has 0 radical (unpaired) electrons. The molecule has 0 saturated heterocycles. The van der Waals surface area contributed by atoms with Crippen molar-refractivity contribution in [3.8, 4) is 0 Å². The highest BCUT2D eigenvalue weighted by molar-refractivity contribution is 9.18. The Morgan fingerprint density at radius 3 is 2.42 bits per heavy atom. The van der Waals surface area contributed by atoms with Crippen LogP contribution >= 0.6 is 15.9 Å². The average Bonchev–Trinajstić information content (AvgIpc) is 2.06. The minimum atomic E-state index is 0.713. The van der Waals surface area contributed by atoms with Gasteiger partial charge in [-0.1, -0.05) is 35.0 Å². The van der Waals surface area contributed by atoms with Gasteiger partial charge in [-0.05, 0) is 22.9 Å². The Morgan fingerprint density at radius 2 is 1.92 bits per heavy atom. The third kappa shape index (κ3) is 2.34. The lowest BCUT2D eigenvalue weighted by Gasteiger charge is -1.97. The van der Waals surface area contributed by atoms with Gasteiger partial charge in [-0.15, -0.1) is 0 Å². The lowest BCUT2D eigenvalue weighted by molar-refractivity contribution is 0.215. The highest BCUT2D eigenvalue weighted by Crippen LogP contribution is 2.08. The zero-order valence-corrected chi connectivity index (χ0v) is 8.63. The van der Waals surface area contributed by atoms with E-state index < -0.39 is 0 Å². The topological polar surface area (TPSA) is 21.6 Å². The van der Waals surface area contributed by atoms with Crippen molar-refractivity contribution in [1.82, 2.24) is 0 Å². The van der Waals surface area contributed by atoms with E-state index in [0.29, 0.717) is 4.62 Å². The van der Waals surface area contributed by atoms with E-state index in [2.05, 4.69) is 25.9 Å². The van der Waals surface area contributed by atoms with E-state index in [1.54, 1.807) is 0 Å². The van der Waals surface area contributed by atoms with Gasteiger partial charge >= 0.3 is 0 Å². The number of aryl methyl sites for hydroxylation is 1. The molecule has 0 spiro atoms. The summed E-state index contributed by atoms with van der Waals surface area (Å²) in [5.41, 5.74) is 2.25. The van der Waals surface area contributed by atoms with Crippen molar-refractivity contribution in [3.05, 3.63) is 35.4 Å². The fraction of sp³-hybridized carbons (Fsp3) is 0.222. The van der Waals surface area contributed by atoms with Crippen molar-refractivity contribution in [2.75, 3.05) is 7.11 Å². The van der Waals surface area contributed by atoms with Crippen molar-refractivity contribution in [1.29, 1.82) is 0 Å². The summed E-state index contributed by atoms with van der Waals surface area (Å²) in [6, 6.07) is 8.04. The first-order valence-electron chi connectivity index (χ1n) is 3.57. The number of oxime groups is 1. The van der Waals surface area contributed by atoms with Crippen molar-refractivity contribution in [2.24, 2.45) is 5.16 Å². The number of halogens is 1. The first-order valence-corrected chi connectivity index (χ1v) is 4.37. The zero-order chi connectivity index (χ0) is 8.97. The van der Waals surface area contributed by atoms with Gasteiger partial charge in [0.05, 0.1) is 0 Å². The van der Waals surface area contributed by atoms with Crippen molar-refractivity contribution >= 4 is 20.6 Å². The van der Waals surface area contributed by atoms with Gasteiger partial charge in [-0.3, -0.25) is 0 Å². The van der Waals surface area contributed by atoms with Crippen LogP contribution in [0.1, 0.15) is 11.1 Å². The van der Waals surface area contributed by atoms with Gasteiger partial charge in [0.15, 0.2) is 4.62 Å². The summed E-state index contributed by atoms with van der Waals surface area (Å²) < 4.78 is 0.713. The van der Waals surface area contributed by atoms with Crippen LogP contribution in [0.25, 0.3) is 0 Å². The molecule has 0 aliphatic rings. The lowest BCUT2D eigenvalue weighted by atomic mass is 10.2. The third-order valence-corrected chi connectivity index (χ3v) is 2.06. The molecule has 1 aromatic carbocycles. The SMILES string of the molecule is CO/N=C(\Br)c1ccc(C)cc1. The first-order chi connectivity index (χ1) is 5.74. The summed E-state index contributed by atoms with van der Waals surface area (Å²) in [5.74, 6) is 0. The van der Waals surface area contributed by atoms with E-state index in [-0.39, 0.29) is 0 Å². The molecule has 0 amide bonds. The van der Waals surface area contributed by atoms with Crippen LogP contribution in [0.2, 0.25) is 0 Å². The van der Waals surface area contributed by atoms with Crippen LogP contribution in [0, 0.1) is 6.92 Å². The summed E-state index contributed by atoms with van der Waals surface area (Å²) >= 11 is 3.30. The van der Waals surface area contributed by atoms with Gasteiger partial charge < -0.3 is 4.84 Å². The number of hydrogen-bond acceptors (Lipinski definition) is 2. The van der Waals surface area contributed by atoms with Crippen LogP contribution in [0.5, 0.6) is 0 Å². The van der Waals surface area contributed by atoms with Gasteiger partial charge in [0.25, 0.3) is 0 Å². The lowest BCUT2D eigenvalue weighted by Crippen LogP contribution is -1.90. The second-order valence-electron chi connectivity index (χ2n) is 2.43. The summed E-state index contributed by atoms with van der Waals surface area (Å²) in [6.45, 7) is 2.05. The molecule has 0 aromatic heterocycles. The van der Waals surface area contributed by atoms with Crippen LogP contribution in [0.15, 0.2) is 29.4 Å². The first kappa shape index (κ1) is 9.26. The number of rotatable bonds is 2. The maximum Gasteiger partial charge on any atom is 0.152 e. The van der Waals surface area contributed by atoms with E-state index >= 15 is 0 Å². The van der Waals surface area contributed by atoms with E-state index in [9.17, 15) is 0 Å². The van der Waals surface area contributed by atoms with Crippen LogP contribution in [-0.4, -0.2) is 11.7 Å². The Labute approximate surface area is 80.4 Å². The minimum absolute atomic E-state index is 0.713. The van der Waals surface area contributed by atoms with Gasteiger partial charge in [0.2, 0.25) is 0 Å². The third-order valence-electron chi connectivity index (χ3n) is 1.46.